The summed E-state index contributed by atoms with van der Waals surface area (Å²) in [5.74, 6) is 0. The van der Waals surface area contributed by atoms with Crippen LogP contribution in [0.25, 0.3) is 0 Å². The van der Waals surface area contributed by atoms with E-state index in [2.05, 4.69) is 10.3 Å². The van der Waals surface area contributed by atoms with E-state index < -0.39 is 0 Å². The van der Waals surface area contributed by atoms with Gasteiger partial charge in [-0.05, 0) is 32.6 Å². The van der Waals surface area contributed by atoms with Crippen molar-refractivity contribution in [2.24, 2.45) is 5.73 Å². The number of rotatable bonds is 5. The molecule has 90 valence electrons. The highest BCUT2D eigenvalue weighted by Crippen LogP contribution is 2.17. The average molecular weight is 224 g/mol. The number of hydrogen-bond donors (Lipinski definition) is 1. The van der Waals surface area contributed by atoms with Crippen LogP contribution in [-0.4, -0.2) is 27.7 Å². The summed E-state index contributed by atoms with van der Waals surface area (Å²) in [6, 6.07) is -0.0353. The minimum absolute atomic E-state index is 0.0353. The molecule has 1 aromatic heterocycles. The maximum Gasteiger partial charge on any atom is 0.0991 e. The zero-order valence-corrected chi connectivity index (χ0v) is 9.80. The van der Waals surface area contributed by atoms with Crippen molar-refractivity contribution in [2.45, 2.75) is 51.3 Å². The molecule has 16 heavy (non-hydrogen) atoms. The molecule has 2 atom stereocenters. The molecule has 1 aliphatic heterocycles. The number of nitrogens with two attached hydrogens (primary N) is 1. The second kappa shape index (κ2) is 5.41. The maximum absolute atomic E-state index is 5.72. The first kappa shape index (κ1) is 11.5. The van der Waals surface area contributed by atoms with Gasteiger partial charge in [-0.15, -0.1) is 5.10 Å². The van der Waals surface area contributed by atoms with Crippen LogP contribution < -0.4 is 5.73 Å². The minimum atomic E-state index is -0.0353. The maximum atomic E-state index is 5.72. The molecular formula is C11H20N4O. The lowest BCUT2D eigenvalue weighted by atomic mass is 10.1. The Morgan fingerprint density at radius 2 is 2.56 bits per heavy atom. The number of ether oxygens (including phenoxy) is 1. The van der Waals surface area contributed by atoms with E-state index in [1.54, 1.807) is 0 Å². The lowest BCUT2D eigenvalue weighted by Crippen LogP contribution is -2.07. The zero-order chi connectivity index (χ0) is 11.4. The number of aryl methyl sites for hydroxylation is 1. The first-order valence-electron chi connectivity index (χ1n) is 6.03. The van der Waals surface area contributed by atoms with Gasteiger partial charge in [-0.1, -0.05) is 5.21 Å². The second-order valence-corrected chi connectivity index (χ2v) is 4.47. The molecule has 0 radical (unpaired) electrons. The van der Waals surface area contributed by atoms with Gasteiger partial charge in [0.05, 0.1) is 18.0 Å². The third-order valence-corrected chi connectivity index (χ3v) is 2.96. The summed E-state index contributed by atoms with van der Waals surface area (Å²) >= 11 is 0. The van der Waals surface area contributed by atoms with Crippen LogP contribution in [-0.2, 0) is 11.3 Å². The first-order chi connectivity index (χ1) is 7.75. The molecular weight excluding hydrogens is 204 g/mol. The third kappa shape index (κ3) is 3.02. The molecule has 1 saturated heterocycles. The van der Waals surface area contributed by atoms with E-state index in [4.69, 9.17) is 10.5 Å². The molecule has 5 heteroatoms. The van der Waals surface area contributed by atoms with Gasteiger partial charge in [-0.3, -0.25) is 4.68 Å². The molecule has 0 aromatic carbocycles. The molecule has 2 unspecified atom stereocenters. The largest absolute Gasteiger partial charge is 0.378 e. The molecule has 0 aliphatic carbocycles. The summed E-state index contributed by atoms with van der Waals surface area (Å²) in [6.45, 7) is 3.75. The van der Waals surface area contributed by atoms with E-state index in [0.29, 0.717) is 6.10 Å². The van der Waals surface area contributed by atoms with Crippen molar-refractivity contribution in [1.82, 2.24) is 15.0 Å². The average Bonchev–Trinajstić information content (AvgIpc) is 2.87. The summed E-state index contributed by atoms with van der Waals surface area (Å²) in [7, 11) is 0. The predicted molar refractivity (Wildman–Crippen MR) is 60.8 cm³/mol. The van der Waals surface area contributed by atoms with Crippen molar-refractivity contribution >= 4 is 0 Å². The van der Waals surface area contributed by atoms with Crippen LogP contribution in [0.1, 0.15) is 44.3 Å². The van der Waals surface area contributed by atoms with E-state index >= 15 is 0 Å². The molecule has 0 bridgehead atoms. The van der Waals surface area contributed by atoms with Crippen molar-refractivity contribution in [2.75, 3.05) is 6.61 Å². The summed E-state index contributed by atoms with van der Waals surface area (Å²) in [5.41, 5.74) is 6.58. The number of hydrogen-bond acceptors (Lipinski definition) is 4. The Labute approximate surface area is 96.0 Å². The molecule has 0 spiro atoms. The summed E-state index contributed by atoms with van der Waals surface area (Å²) in [6.07, 6.45) is 7.03. The monoisotopic (exact) mass is 224 g/mol. The van der Waals surface area contributed by atoms with Gasteiger partial charge in [0.2, 0.25) is 0 Å². The fourth-order valence-corrected chi connectivity index (χ4v) is 1.98. The van der Waals surface area contributed by atoms with Gasteiger partial charge in [0, 0.05) is 19.2 Å². The molecule has 0 amide bonds. The van der Waals surface area contributed by atoms with Gasteiger partial charge in [-0.2, -0.15) is 0 Å². The van der Waals surface area contributed by atoms with E-state index in [9.17, 15) is 0 Å². The van der Waals surface area contributed by atoms with Gasteiger partial charge in [-0.25, -0.2) is 0 Å². The smallest absolute Gasteiger partial charge is 0.0991 e. The second-order valence-electron chi connectivity index (χ2n) is 4.47. The third-order valence-electron chi connectivity index (χ3n) is 2.96. The topological polar surface area (TPSA) is 66.0 Å². The fraction of sp³-hybridized carbons (Fsp3) is 0.818. The van der Waals surface area contributed by atoms with Gasteiger partial charge >= 0.3 is 0 Å². The van der Waals surface area contributed by atoms with Crippen LogP contribution in [0.4, 0.5) is 0 Å². The fourth-order valence-electron chi connectivity index (χ4n) is 1.98. The molecule has 2 heterocycles. The summed E-state index contributed by atoms with van der Waals surface area (Å²) in [5, 5.41) is 8.07. The number of aromatic nitrogens is 3. The van der Waals surface area contributed by atoms with Gasteiger partial charge in [0.15, 0.2) is 0 Å². The van der Waals surface area contributed by atoms with Crippen molar-refractivity contribution in [1.29, 1.82) is 0 Å². The number of nitrogens with zero attached hydrogens (tertiary/aromatic N) is 3. The van der Waals surface area contributed by atoms with Crippen molar-refractivity contribution in [3.05, 3.63) is 11.9 Å². The quantitative estimate of drug-likeness (QED) is 0.817. The van der Waals surface area contributed by atoms with E-state index in [1.165, 1.54) is 12.8 Å². The van der Waals surface area contributed by atoms with E-state index in [0.717, 1.165) is 31.7 Å². The highest BCUT2D eigenvalue weighted by atomic mass is 16.5. The van der Waals surface area contributed by atoms with Crippen LogP contribution in [0.3, 0.4) is 0 Å². The summed E-state index contributed by atoms with van der Waals surface area (Å²) in [4.78, 5) is 0. The standard InChI is InChI=1S/C11H20N4O/c1-9(12)11-8-15(14-13-11)6-2-4-10-5-3-7-16-10/h8-10H,2-7,12H2,1H3. The minimum Gasteiger partial charge on any atom is -0.378 e. The van der Waals surface area contributed by atoms with E-state index in [1.807, 2.05) is 17.8 Å². The van der Waals surface area contributed by atoms with Crippen LogP contribution in [0.15, 0.2) is 6.20 Å². The molecule has 1 fully saturated rings. The molecule has 0 saturated carbocycles. The Morgan fingerprint density at radius 1 is 1.69 bits per heavy atom. The van der Waals surface area contributed by atoms with Crippen LogP contribution in [0.2, 0.25) is 0 Å². The highest BCUT2D eigenvalue weighted by Gasteiger charge is 2.14. The normalized spacial score (nSPS) is 22.5. The molecule has 2 N–H and O–H groups in total. The Hall–Kier alpha value is -0.940. The Morgan fingerprint density at radius 3 is 3.19 bits per heavy atom. The molecule has 2 rings (SSSR count). The predicted octanol–water partition coefficient (Wildman–Crippen LogP) is 1.26. The van der Waals surface area contributed by atoms with E-state index in [-0.39, 0.29) is 6.04 Å². The lowest BCUT2D eigenvalue weighted by molar-refractivity contribution is 0.101. The van der Waals surface area contributed by atoms with Gasteiger partial charge in [0.25, 0.3) is 0 Å². The Bertz CT molecular complexity index is 318. The van der Waals surface area contributed by atoms with Crippen molar-refractivity contribution in [3.63, 3.8) is 0 Å². The lowest BCUT2D eigenvalue weighted by Gasteiger charge is -2.08. The SMILES string of the molecule is CC(N)c1cn(CCCC2CCCO2)nn1. The van der Waals surface area contributed by atoms with Crippen LogP contribution >= 0.6 is 0 Å². The summed E-state index contributed by atoms with van der Waals surface area (Å²) < 4.78 is 7.44. The van der Waals surface area contributed by atoms with Gasteiger partial charge < -0.3 is 10.5 Å². The highest BCUT2D eigenvalue weighted by molar-refractivity contribution is 4.97. The van der Waals surface area contributed by atoms with Gasteiger partial charge in [0.1, 0.15) is 0 Å². The molecule has 1 aliphatic rings. The molecule has 5 nitrogen and oxygen atoms in total. The Balaban J connectivity index is 1.72. The van der Waals surface area contributed by atoms with Crippen LogP contribution in [0.5, 0.6) is 0 Å². The van der Waals surface area contributed by atoms with Crippen LogP contribution in [0, 0.1) is 0 Å². The van der Waals surface area contributed by atoms with Crippen molar-refractivity contribution in [3.8, 4) is 0 Å². The zero-order valence-electron chi connectivity index (χ0n) is 9.80. The molecule has 1 aromatic rings. The van der Waals surface area contributed by atoms with Crippen molar-refractivity contribution < 1.29 is 4.74 Å². The Kier molecular flexibility index (Phi) is 3.90. The first-order valence-corrected chi connectivity index (χ1v) is 6.03.